The largest absolute Gasteiger partial charge is 0.497 e. The third-order valence-corrected chi connectivity index (χ3v) is 4.52. The van der Waals surface area contributed by atoms with Gasteiger partial charge in [0.15, 0.2) is 0 Å². The van der Waals surface area contributed by atoms with Gasteiger partial charge in [0, 0.05) is 38.3 Å². The minimum absolute atomic E-state index is 0.0694. The average Bonchev–Trinajstić information content (AvgIpc) is 2.72. The number of nitro benzene ring substituents is 1. The number of hydrogen-bond donors (Lipinski definition) is 0. The van der Waals surface area contributed by atoms with Crippen molar-refractivity contribution in [1.29, 1.82) is 0 Å². The molecule has 0 atom stereocenters. The van der Waals surface area contributed by atoms with E-state index in [1.165, 1.54) is 6.07 Å². The summed E-state index contributed by atoms with van der Waals surface area (Å²) >= 11 is 0. The number of amides is 1. The number of hydrogen-bond acceptors (Lipinski definition) is 5. The molecule has 1 amide bonds. The summed E-state index contributed by atoms with van der Waals surface area (Å²) < 4.78 is 5.18. The van der Waals surface area contributed by atoms with Crippen molar-refractivity contribution in [3.63, 3.8) is 0 Å². The van der Waals surface area contributed by atoms with Crippen molar-refractivity contribution in [3.05, 3.63) is 70.3 Å². The highest BCUT2D eigenvalue weighted by Crippen LogP contribution is 2.28. The predicted octanol–water partition coefficient (Wildman–Crippen LogP) is 2.97. The summed E-state index contributed by atoms with van der Waals surface area (Å²) in [6.07, 6.45) is 3.31. The Labute approximate surface area is 157 Å². The van der Waals surface area contributed by atoms with Gasteiger partial charge in [-0.3, -0.25) is 14.9 Å². The maximum absolute atomic E-state index is 12.4. The van der Waals surface area contributed by atoms with Crippen molar-refractivity contribution in [3.8, 4) is 5.75 Å². The van der Waals surface area contributed by atoms with E-state index in [0.29, 0.717) is 31.9 Å². The van der Waals surface area contributed by atoms with Gasteiger partial charge in [-0.15, -0.1) is 0 Å². The number of nitro groups is 1. The maximum Gasteiger partial charge on any atom is 0.292 e. The van der Waals surface area contributed by atoms with E-state index in [9.17, 15) is 14.9 Å². The summed E-state index contributed by atoms with van der Waals surface area (Å²) in [4.78, 5) is 27.0. The van der Waals surface area contributed by atoms with Gasteiger partial charge in [0.1, 0.15) is 11.4 Å². The van der Waals surface area contributed by atoms with Gasteiger partial charge in [-0.2, -0.15) is 0 Å². The molecular weight excluding hydrogens is 346 g/mol. The van der Waals surface area contributed by atoms with Crippen LogP contribution in [-0.2, 0) is 4.79 Å². The number of nitrogens with zero attached hydrogens (tertiary/aromatic N) is 3. The van der Waals surface area contributed by atoms with Gasteiger partial charge in [-0.05, 0) is 29.8 Å². The van der Waals surface area contributed by atoms with Gasteiger partial charge in [-0.1, -0.05) is 24.3 Å². The van der Waals surface area contributed by atoms with Crippen molar-refractivity contribution in [2.24, 2.45) is 0 Å². The van der Waals surface area contributed by atoms with Crippen LogP contribution >= 0.6 is 0 Å². The number of methoxy groups -OCH3 is 1. The van der Waals surface area contributed by atoms with Crippen LogP contribution in [0.25, 0.3) is 6.08 Å². The molecular formula is C20H21N3O4. The highest BCUT2D eigenvalue weighted by molar-refractivity contribution is 5.92. The average molecular weight is 367 g/mol. The van der Waals surface area contributed by atoms with Gasteiger partial charge < -0.3 is 14.5 Å². The van der Waals surface area contributed by atoms with Crippen molar-refractivity contribution >= 4 is 23.4 Å². The van der Waals surface area contributed by atoms with Crippen LogP contribution in [0.3, 0.4) is 0 Å². The van der Waals surface area contributed by atoms with Crippen molar-refractivity contribution < 1.29 is 14.5 Å². The van der Waals surface area contributed by atoms with Crippen LogP contribution in [0.5, 0.6) is 5.75 Å². The van der Waals surface area contributed by atoms with Crippen molar-refractivity contribution in [2.45, 2.75) is 0 Å². The first-order valence-corrected chi connectivity index (χ1v) is 8.68. The summed E-state index contributed by atoms with van der Waals surface area (Å²) in [6.45, 7) is 2.16. The SMILES string of the molecule is COc1cccc(/C=C/C(=O)N2CCN(c3ccccc3[N+](=O)[O-])CC2)c1. The van der Waals surface area contributed by atoms with Gasteiger partial charge in [0.2, 0.25) is 5.91 Å². The van der Waals surface area contributed by atoms with Crippen LogP contribution in [0.1, 0.15) is 5.56 Å². The Balaban J connectivity index is 1.61. The molecule has 1 aliphatic heterocycles. The molecule has 3 rings (SSSR count). The van der Waals surface area contributed by atoms with Crippen LogP contribution < -0.4 is 9.64 Å². The fraction of sp³-hybridized carbons (Fsp3) is 0.250. The van der Waals surface area contributed by atoms with Crippen LogP contribution in [0, 0.1) is 10.1 Å². The highest BCUT2D eigenvalue weighted by Gasteiger charge is 2.24. The van der Waals surface area contributed by atoms with E-state index in [4.69, 9.17) is 4.74 Å². The molecule has 7 heteroatoms. The van der Waals surface area contributed by atoms with E-state index in [0.717, 1.165) is 11.3 Å². The zero-order valence-corrected chi connectivity index (χ0v) is 15.1. The molecule has 1 heterocycles. The molecule has 2 aromatic rings. The Morgan fingerprint density at radius 3 is 2.56 bits per heavy atom. The summed E-state index contributed by atoms with van der Waals surface area (Å²) in [5.41, 5.74) is 1.58. The van der Waals surface area contributed by atoms with Crippen LogP contribution in [0.2, 0.25) is 0 Å². The summed E-state index contributed by atoms with van der Waals surface area (Å²) in [5, 5.41) is 11.2. The molecule has 0 saturated carbocycles. The number of benzene rings is 2. The molecule has 1 saturated heterocycles. The number of rotatable bonds is 5. The summed E-state index contributed by atoms with van der Waals surface area (Å²) in [7, 11) is 1.60. The Bertz CT molecular complexity index is 858. The molecule has 1 aliphatic rings. The summed E-state index contributed by atoms with van der Waals surface area (Å²) in [6, 6.07) is 14.2. The van der Waals surface area contributed by atoms with Gasteiger partial charge in [-0.25, -0.2) is 0 Å². The number of carbonyl (C=O) groups excluding carboxylic acids is 1. The molecule has 0 bridgehead atoms. The summed E-state index contributed by atoms with van der Waals surface area (Å²) in [5.74, 6) is 0.669. The Kier molecular flexibility index (Phi) is 5.71. The number of anilines is 1. The van der Waals surface area contributed by atoms with Gasteiger partial charge >= 0.3 is 0 Å². The quantitative estimate of drug-likeness (QED) is 0.461. The lowest BCUT2D eigenvalue weighted by Gasteiger charge is -2.35. The Morgan fingerprint density at radius 2 is 1.85 bits per heavy atom. The Hall–Kier alpha value is -3.35. The Morgan fingerprint density at radius 1 is 1.11 bits per heavy atom. The van der Waals surface area contributed by atoms with Gasteiger partial charge in [0.05, 0.1) is 12.0 Å². The number of carbonyl (C=O) groups is 1. The predicted molar refractivity (Wildman–Crippen MR) is 104 cm³/mol. The molecule has 140 valence electrons. The third kappa shape index (κ3) is 4.44. The number of ether oxygens (including phenoxy) is 1. The minimum Gasteiger partial charge on any atom is -0.497 e. The van der Waals surface area contributed by atoms with E-state index >= 15 is 0 Å². The molecule has 0 spiro atoms. The molecule has 0 radical (unpaired) electrons. The number of piperazine rings is 1. The second kappa shape index (κ2) is 8.35. The molecule has 0 N–H and O–H groups in total. The van der Waals surface area contributed by atoms with E-state index in [1.807, 2.05) is 29.2 Å². The monoisotopic (exact) mass is 367 g/mol. The molecule has 7 nitrogen and oxygen atoms in total. The first kappa shape index (κ1) is 18.4. The zero-order valence-electron chi connectivity index (χ0n) is 15.1. The molecule has 0 aromatic heterocycles. The van der Waals surface area contributed by atoms with Gasteiger partial charge in [0.25, 0.3) is 5.69 Å². The molecule has 2 aromatic carbocycles. The second-order valence-corrected chi connectivity index (χ2v) is 6.17. The molecule has 0 unspecified atom stereocenters. The first-order valence-electron chi connectivity index (χ1n) is 8.68. The fourth-order valence-electron chi connectivity index (χ4n) is 3.07. The van der Waals surface area contributed by atoms with Crippen molar-refractivity contribution in [2.75, 3.05) is 38.2 Å². The smallest absolute Gasteiger partial charge is 0.292 e. The topological polar surface area (TPSA) is 75.9 Å². The van der Waals surface area contributed by atoms with E-state index in [1.54, 1.807) is 42.4 Å². The van der Waals surface area contributed by atoms with Crippen LogP contribution in [-0.4, -0.2) is 49.0 Å². The van der Waals surface area contributed by atoms with E-state index < -0.39 is 0 Å². The fourth-order valence-corrected chi connectivity index (χ4v) is 3.07. The molecule has 27 heavy (non-hydrogen) atoms. The molecule has 1 fully saturated rings. The van der Waals surface area contributed by atoms with Crippen LogP contribution in [0.15, 0.2) is 54.6 Å². The lowest BCUT2D eigenvalue weighted by Crippen LogP contribution is -2.48. The molecule has 0 aliphatic carbocycles. The van der Waals surface area contributed by atoms with Crippen molar-refractivity contribution in [1.82, 2.24) is 4.90 Å². The van der Waals surface area contributed by atoms with E-state index in [-0.39, 0.29) is 16.5 Å². The zero-order chi connectivity index (χ0) is 19.2. The lowest BCUT2D eigenvalue weighted by molar-refractivity contribution is -0.384. The standard InChI is InChI=1S/C20H21N3O4/c1-27-17-6-4-5-16(15-17)9-10-20(24)22-13-11-21(12-14-22)18-7-2-3-8-19(18)23(25)26/h2-10,15H,11-14H2,1H3/b10-9+. The van der Waals surface area contributed by atoms with Crippen LogP contribution in [0.4, 0.5) is 11.4 Å². The maximum atomic E-state index is 12.4. The number of para-hydroxylation sites is 2. The highest BCUT2D eigenvalue weighted by atomic mass is 16.6. The van der Waals surface area contributed by atoms with E-state index in [2.05, 4.69) is 0 Å². The third-order valence-electron chi connectivity index (χ3n) is 4.52. The minimum atomic E-state index is -0.371. The first-order chi connectivity index (χ1) is 13.1. The lowest BCUT2D eigenvalue weighted by atomic mass is 10.2. The second-order valence-electron chi connectivity index (χ2n) is 6.17. The normalized spacial score (nSPS) is 14.4.